The third-order valence-electron chi connectivity index (χ3n) is 2.35. The first kappa shape index (κ1) is 10.6. The molecule has 2 N–H and O–H groups in total. The molecule has 1 atom stereocenters. The second-order valence-corrected chi connectivity index (χ2v) is 3.45. The van der Waals surface area contributed by atoms with Crippen LogP contribution in [0.15, 0.2) is 18.2 Å². The molecule has 76 valence electrons. The van der Waals surface area contributed by atoms with Gasteiger partial charge in [0.2, 0.25) is 0 Å². The van der Waals surface area contributed by atoms with Crippen LogP contribution in [0, 0.1) is 13.8 Å². The van der Waals surface area contributed by atoms with E-state index in [1.165, 1.54) is 0 Å². The van der Waals surface area contributed by atoms with E-state index in [1.54, 1.807) is 6.92 Å². The van der Waals surface area contributed by atoms with E-state index in [2.05, 4.69) is 5.32 Å². The molecule has 0 aromatic heterocycles. The van der Waals surface area contributed by atoms with Crippen molar-refractivity contribution >= 4 is 11.7 Å². The highest BCUT2D eigenvalue weighted by atomic mass is 16.4. The Balaban J connectivity index is 2.87. The van der Waals surface area contributed by atoms with Crippen LogP contribution >= 0.6 is 0 Å². The van der Waals surface area contributed by atoms with Crippen molar-refractivity contribution in [1.82, 2.24) is 0 Å². The van der Waals surface area contributed by atoms with Crippen LogP contribution in [-0.4, -0.2) is 17.1 Å². The predicted octanol–water partition coefficient (Wildman–Crippen LogP) is 2.19. The number of benzene rings is 1. The number of carbonyl (C=O) groups is 1. The predicted molar refractivity (Wildman–Crippen MR) is 56.6 cm³/mol. The van der Waals surface area contributed by atoms with Gasteiger partial charge in [0, 0.05) is 5.69 Å². The molecule has 0 fully saturated rings. The zero-order chi connectivity index (χ0) is 10.7. The summed E-state index contributed by atoms with van der Waals surface area (Å²) in [5, 5.41) is 11.7. The van der Waals surface area contributed by atoms with Gasteiger partial charge in [-0.15, -0.1) is 0 Å². The second-order valence-electron chi connectivity index (χ2n) is 3.45. The molecule has 0 radical (unpaired) electrons. The van der Waals surface area contributed by atoms with Crippen LogP contribution < -0.4 is 5.32 Å². The van der Waals surface area contributed by atoms with Crippen molar-refractivity contribution < 1.29 is 9.90 Å². The van der Waals surface area contributed by atoms with Gasteiger partial charge in [0.1, 0.15) is 6.04 Å². The van der Waals surface area contributed by atoms with Gasteiger partial charge in [0.15, 0.2) is 0 Å². The van der Waals surface area contributed by atoms with E-state index in [4.69, 9.17) is 5.11 Å². The first-order valence-electron chi connectivity index (χ1n) is 4.58. The van der Waals surface area contributed by atoms with Gasteiger partial charge in [-0.3, -0.25) is 4.79 Å². The van der Waals surface area contributed by atoms with Crippen LogP contribution in [0.1, 0.15) is 18.1 Å². The molecule has 3 heteroatoms. The van der Waals surface area contributed by atoms with E-state index < -0.39 is 12.0 Å². The van der Waals surface area contributed by atoms with Crippen LogP contribution in [0.25, 0.3) is 0 Å². The number of rotatable bonds is 3. The molecule has 1 aromatic carbocycles. The molecular weight excluding hydrogens is 178 g/mol. The standard InChI is InChI=1S/C11H15NO2/c1-7-5-4-6-10(8(7)2)12-9(3)11(13)14/h4-6,9,12H,1-3H3,(H,13,14)/t9-/m0/s1. The normalized spacial score (nSPS) is 12.2. The van der Waals surface area contributed by atoms with Gasteiger partial charge in [-0.05, 0) is 38.0 Å². The maximum atomic E-state index is 10.6. The van der Waals surface area contributed by atoms with E-state index >= 15 is 0 Å². The molecule has 0 bridgehead atoms. The summed E-state index contributed by atoms with van der Waals surface area (Å²) in [6.07, 6.45) is 0. The van der Waals surface area contributed by atoms with Crippen molar-refractivity contribution in [3.63, 3.8) is 0 Å². The molecule has 0 spiro atoms. The minimum absolute atomic E-state index is 0.560. The molecule has 0 unspecified atom stereocenters. The van der Waals surface area contributed by atoms with Gasteiger partial charge in [-0.25, -0.2) is 0 Å². The molecule has 0 aliphatic rings. The highest BCUT2D eigenvalue weighted by Gasteiger charge is 2.11. The Morgan fingerprint density at radius 2 is 2.07 bits per heavy atom. The maximum absolute atomic E-state index is 10.6. The highest BCUT2D eigenvalue weighted by Crippen LogP contribution is 2.18. The average Bonchev–Trinajstić information content (AvgIpc) is 2.12. The van der Waals surface area contributed by atoms with Crippen LogP contribution in [0.5, 0.6) is 0 Å². The Bertz CT molecular complexity index is 347. The van der Waals surface area contributed by atoms with Crippen LogP contribution in [0.3, 0.4) is 0 Å². The van der Waals surface area contributed by atoms with Crippen molar-refractivity contribution in [2.75, 3.05) is 5.32 Å². The topological polar surface area (TPSA) is 49.3 Å². The van der Waals surface area contributed by atoms with Crippen LogP contribution in [-0.2, 0) is 4.79 Å². The smallest absolute Gasteiger partial charge is 0.325 e. The van der Waals surface area contributed by atoms with Gasteiger partial charge < -0.3 is 10.4 Å². The summed E-state index contributed by atoms with van der Waals surface area (Å²) >= 11 is 0. The summed E-state index contributed by atoms with van der Waals surface area (Å²) in [5.74, 6) is -0.842. The summed E-state index contributed by atoms with van der Waals surface area (Å²) in [6, 6.07) is 5.25. The molecule has 0 heterocycles. The molecule has 0 saturated carbocycles. The lowest BCUT2D eigenvalue weighted by atomic mass is 10.1. The van der Waals surface area contributed by atoms with Gasteiger partial charge in [0.25, 0.3) is 0 Å². The minimum Gasteiger partial charge on any atom is -0.480 e. The van der Waals surface area contributed by atoms with Crippen molar-refractivity contribution in [1.29, 1.82) is 0 Å². The maximum Gasteiger partial charge on any atom is 0.325 e. The first-order chi connectivity index (χ1) is 6.52. The number of hydrogen-bond donors (Lipinski definition) is 2. The number of aliphatic carboxylic acids is 1. The Morgan fingerprint density at radius 1 is 1.43 bits per heavy atom. The Hall–Kier alpha value is -1.51. The van der Waals surface area contributed by atoms with E-state index in [9.17, 15) is 4.79 Å². The third kappa shape index (κ3) is 2.25. The number of hydrogen-bond acceptors (Lipinski definition) is 2. The zero-order valence-corrected chi connectivity index (χ0v) is 8.66. The largest absolute Gasteiger partial charge is 0.480 e. The Morgan fingerprint density at radius 3 is 2.64 bits per heavy atom. The Kier molecular flexibility index (Phi) is 3.12. The van der Waals surface area contributed by atoms with E-state index in [1.807, 2.05) is 32.0 Å². The first-order valence-corrected chi connectivity index (χ1v) is 4.58. The van der Waals surface area contributed by atoms with E-state index in [-0.39, 0.29) is 0 Å². The number of carboxylic acids is 1. The highest BCUT2D eigenvalue weighted by molar-refractivity contribution is 5.77. The molecule has 14 heavy (non-hydrogen) atoms. The molecule has 3 nitrogen and oxygen atoms in total. The van der Waals surface area contributed by atoms with Crippen LogP contribution in [0.4, 0.5) is 5.69 Å². The molecule has 0 aliphatic carbocycles. The lowest BCUT2D eigenvalue weighted by molar-refractivity contribution is -0.137. The summed E-state index contributed by atoms with van der Waals surface area (Å²) in [6.45, 7) is 5.61. The number of nitrogens with one attached hydrogen (secondary N) is 1. The fraction of sp³-hybridized carbons (Fsp3) is 0.364. The van der Waals surface area contributed by atoms with Crippen LogP contribution in [0.2, 0.25) is 0 Å². The van der Waals surface area contributed by atoms with Crippen molar-refractivity contribution in [2.45, 2.75) is 26.8 Å². The molecule has 0 aliphatic heterocycles. The Labute approximate surface area is 83.8 Å². The molecule has 0 amide bonds. The number of aryl methyl sites for hydroxylation is 1. The molecule has 1 rings (SSSR count). The molecule has 0 saturated heterocycles. The van der Waals surface area contributed by atoms with Gasteiger partial charge in [-0.2, -0.15) is 0 Å². The lowest BCUT2D eigenvalue weighted by Gasteiger charge is -2.14. The summed E-state index contributed by atoms with van der Waals surface area (Å²) in [7, 11) is 0. The number of anilines is 1. The SMILES string of the molecule is Cc1cccc(N[C@@H](C)C(=O)O)c1C. The van der Waals surface area contributed by atoms with Crippen molar-refractivity contribution in [3.8, 4) is 0 Å². The fourth-order valence-corrected chi connectivity index (χ4v) is 1.20. The molecular formula is C11H15NO2. The zero-order valence-electron chi connectivity index (χ0n) is 8.66. The van der Waals surface area contributed by atoms with Gasteiger partial charge in [-0.1, -0.05) is 12.1 Å². The number of carboxylic acid groups (broad SMARTS) is 1. The van der Waals surface area contributed by atoms with Gasteiger partial charge in [0.05, 0.1) is 0 Å². The summed E-state index contributed by atoms with van der Waals surface area (Å²) in [4.78, 5) is 10.6. The average molecular weight is 193 g/mol. The third-order valence-corrected chi connectivity index (χ3v) is 2.35. The van der Waals surface area contributed by atoms with E-state index in [0.717, 1.165) is 16.8 Å². The quantitative estimate of drug-likeness (QED) is 0.773. The second kappa shape index (κ2) is 4.13. The minimum atomic E-state index is -0.842. The summed E-state index contributed by atoms with van der Waals surface area (Å²) in [5.41, 5.74) is 3.15. The summed E-state index contributed by atoms with van der Waals surface area (Å²) < 4.78 is 0. The monoisotopic (exact) mass is 193 g/mol. The van der Waals surface area contributed by atoms with Gasteiger partial charge >= 0.3 is 5.97 Å². The lowest BCUT2D eigenvalue weighted by Crippen LogP contribution is -2.25. The van der Waals surface area contributed by atoms with Crippen molar-refractivity contribution in [3.05, 3.63) is 29.3 Å². The van der Waals surface area contributed by atoms with Crippen molar-refractivity contribution in [2.24, 2.45) is 0 Å². The van der Waals surface area contributed by atoms with E-state index in [0.29, 0.717) is 0 Å². The molecule has 1 aromatic rings. The fourth-order valence-electron chi connectivity index (χ4n) is 1.20.